The van der Waals surface area contributed by atoms with E-state index in [2.05, 4.69) is 4.74 Å². The summed E-state index contributed by atoms with van der Waals surface area (Å²) in [6, 6.07) is 3.95. The second kappa shape index (κ2) is 8.56. The van der Waals surface area contributed by atoms with Gasteiger partial charge in [-0.25, -0.2) is 0 Å². The molecule has 1 rings (SSSR count). The van der Waals surface area contributed by atoms with Crippen molar-refractivity contribution in [3.63, 3.8) is 0 Å². The third-order valence-electron chi connectivity index (χ3n) is 1.13. The zero-order valence-electron chi connectivity index (χ0n) is 8.78. The minimum atomic E-state index is -0.211. The van der Waals surface area contributed by atoms with Crippen LogP contribution in [-0.4, -0.2) is 19.2 Å². The fraction of sp³-hybridized carbons (Fsp3) is 0.500. The average Bonchev–Trinajstić information content (AvgIpc) is 2.58. The van der Waals surface area contributed by atoms with Crippen LogP contribution in [0.5, 0.6) is 5.06 Å². The fourth-order valence-corrected chi connectivity index (χ4v) is 1.33. The highest BCUT2D eigenvalue weighted by Gasteiger charge is 1.86. The number of carbonyl (C=O) groups excluding carboxylic acids is 1. The van der Waals surface area contributed by atoms with Gasteiger partial charge in [0, 0.05) is 6.92 Å². The van der Waals surface area contributed by atoms with E-state index in [1.165, 1.54) is 6.92 Å². The Hall–Kier alpha value is -1.03. The molecular weight excluding hydrogens is 200 g/mol. The summed E-state index contributed by atoms with van der Waals surface area (Å²) >= 11 is 1.63. The molecule has 0 fully saturated rings. The normalized spacial score (nSPS) is 8.50. The molecule has 0 N–H and O–H groups in total. The predicted octanol–water partition coefficient (Wildman–Crippen LogP) is 2.72. The smallest absolute Gasteiger partial charge is 0.302 e. The molecule has 0 aromatic carbocycles. The lowest BCUT2D eigenvalue weighted by atomic mass is 10.6. The first-order valence-corrected chi connectivity index (χ1v) is 5.38. The van der Waals surface area contributed by atoms with E-state index in [0.717, 1.165) is 11.7 Å². The summed E-state index contributed by atoms with van der Waals surface area (Å²) in [5.41, 5.74) is 0. The lowest BCUT2D eigenvalue weighted by Gasteiger charge is -1.93. The van der Waals surface area contributed by atoms with Crippen LogP contribution in [0.3, 0.4) is 0 Å². The molecule has 0 atom stereocenters. The molecule has 0 aliphatic carbocycles. The minimum Gasteiger partial charge on any atom is -0.484 e. The third kappa shape index (κ3) is 7.61. The van der Waals surface area contributed by atoms with Crippen molar-refractivity contribution < 1.29 is 14.3 Å². The van der Waals surface area contributed by atoms with E-state index in [4.69, 9.17) is 4.74 Å². The van der Waals surface area contributed by atoms with E-state index in [-0.39, 0.29) is 5.97 Å². The minimum absolute atomic E-state index is 0.211. The molecule has 1 heterocycles. The van der Waals surface area contributed by atoms with E-state index in [1.807, 2.05) is 24.4 Å². The maximum absolute atomic E-state index is 9.82. The maximum atomic E-state index is 9.82. The first kappa shape index (κ1) is 13.0. The first-order chi connectivity index (χ1) is 6.70. The van der Waals surface area contributed by atoms with E-state index in [0.29, 0.717) is 6.61 Å². The van der Waals surface area contributed by atoms with Gasteiger partial charge >= 0.3 is 5.97 Å². The van der Waals surface area contributed by atoms with Crippen LogP contribution >= 0.6 is 11.3 Å². The summed E-state index contributed by atoms with van der Waals surface area (Å²) in [4.78, 5) is 9.82. The van der Waals surface area contributed by atoms with Crippen LogP contribution in [0.25, 0.3) is 0 Å². The highest BCUT2D eigenvalue weighted by Crippen LogP contribution is 2.17. The lowest BCUT2D eigenvalue weighted by molar-refractivity contribution is -0.140. The SMILES string of the molecule is CCOC(C)=O.CCOc1cccs1. The molecular formula is C10H16O3S. The molecule has 0 radical (unpaired) electrons. The molecule has 3 nitrogen and oxygen atoms in total. The summed E-state index contributed by atoms with van der Waals surface area (Å²) < 4.78 is 9.57. The third-order valence-corrected chi connectivity index (χ3v) is 1.91. The number of hydrogen-bond donors (Lipinski definition) is 0. The quantitative estimate of drug-likeness (QED) is 0.729. The highest BCUT2D eigenvalue weighted by atomic mass is 32.1. The first-order valence-electron chi connectivity index (χ1n) is 4.50. The Bertz CT molecular complexity index is 232. The standard InChI is InChI=1S/C6H8OS.C4H8O2/c1-2-7-6-4-3-5-8-6;1-3-6-4(2)5/h3-5H,2H2,1H3;3H2,1-2H3. The Kier molecular flexibility index (Phi) is 7.93. The summed E-state index contributed by atoms with van der Waals surface area (Å²) in [7, 11) is 0. The van der Waals surface area contributed by atoms with Gasteiger partial charge in [-0.15, -0.1) is 11.3 Å². The Morgan fingerprint density at radius 2 is 2.14 bits per heavy atom. The van der Waals surface area contributed by atoms with Crippen molar-refractivity contribution in [2.45, 2.75) is 20.8 Å². The largest absolute Gasteiger partial charge is 0.484 e. The summed E-state index contributed by atoms with van der Waals surface area (Å²) in [6.07, 6.45) is 0. The molecule has 1 aromatic heterocycles. The van der Waals surface area contributed by atoms with E-state index >= 15 is 0 Å². The maximum Gasteiger partial charge on any atom is 0.302 e. The monoisotopic (exact) mass is 216 g/mol. The predicted molar refractivity (Wildman–Crippen MR) is 57.8 cm³/mol. The van der Waals surface area contributed by atoms with Gasteiger partial charge in [0.25, 0.3) is 0 Å². The van der Waals surface area contributed by atoms with Crippen molar-refractivity contribution >= 4 is 17.3 Å². The van der Waals surface area contributed by atoms with Crippen LogP contribution in [0.2, 0.25) is 0 Å². The molecule has 14 heavy (non-hydrogen) atoms. The Morgan fingerprint density at radius 3 is 2.43 bits per heavy atom. The topological polar surface area (TPSA) is 35.5 Å². The second-order valence-electron chi connectivity index (χ2n) is 2.29. The van der Waals surface area contributed by atoms with Crippen molar-refractivity contribution in [1.82, 2.24) is 0 Å². The molecule has 0 saturated carbocycles. The van der Waals surface area contributed by atoms with Crippen molar-refractivity contribution in [3.05, 3.63) is 17.5 Å². The van der Waals surface area contributed by atoms with Crippen LogP contribution < -0.4 is 4.74 Å². The van der Waals surface area contributed by atoms with Crippen molar-refractivity contribution in [3.8, 4) is 5.06 Å². The summed E-state index contributed by atoms with van der Waals surface area (Å²) in [6.45, 7) is 6.40. The van der Waals surface area contributed by atoms with Gasteiger partial charge in [-0.05, 0) is 31.4 Å². The van der Waals surface area contributed by atoms with Crippen molar-refractivity contribution in [1.29, 1.82) is 0 Å². The number of rotatable bonds is 3. The van der Waals surface area contributed by atoms with Gasteiger partial charge in [-0.1, -0.05) is 0 Å². The van der Waals surface area contributed by atoms with Crippen LogP contribution in [0.4, 0.5) is 0 Å². The van der Waals surface area contributed by atoms with E-state index in [1.54, 1.807) is 18.3 Å². The Morgan fingerprint density at radius 1 is 1.43 bits per heavy atom. The molecule has 80 valence electrons. The molecule has 0 spiro atoms. The molecule has 0 unspecified atom stereocenters. The molecule has 0 aliphatic heterocycles. The van der Waals surface area contributed by atoms with Gasteiger partial charge in [0.05, 0.1) is 13.2 Å². The van der Waals surface area contributed by atoms with Gasteiger partial charge in [0.2, 0.25) is 0 Å². The number of carbonyl (C=O) groups is 1. The van der Waals surface area contributed by atoms with Crippen molar-refractivity contribution in [2.24, 2.45) is 0 Å². The number of hydrogen-bond acceptors (Lipinski definition) is 4. The Balaban J connectivity index is 0.000000255. The second-order valence-corrected chi connectivity index (χ2v) is 3.20. The zero-order valence-corrected chi connectivity index (χ0v) is 9.60. The van der Waals surface area contributed by atoms with Gasteiger partial charge in [0.15, 0.2) is 5.06 Å². The van der Waals surface area contributed by atoms with Gasteiger partial charge in [-0.2, -0.15) is 0 Å². The number of thiophene rings is 1. The van der Waals surface area contributed by atoms with Crippen LogP contribution in [-0.2, 0) is 9.53 Å². The molecule has 1 aromatic rings. The summed E-state index contributed by atoms with van der Waals surface area (Å²) in [5.74, 6) is -0.211. The average molecular weight is 216 g/mol. The summed E-state index contributed by atoms with van der Waals surface area (Å²) in [5, 5.41) is 3.01. The van der Waals surface area contributed by atoms with Gasteiger partial charge in [-0.3, -0.25) is 4.79 Å². The molecule has 0 saturated heterocycles. The fourth-order valence-electron chi connectivity index (χ4n) is 0.691. The van der Waals surface area contributed by atoms with Crippen LogP contribution in [0, 0.1) is 0 Å². The number of esters is 1. The van der Waals surface area contributed by atoms with Gasteiger partial charge in [0.1, 0.15) is 0 Å². The van der Waals surface area contributed by atoms with Crippen molar-refractivity contribution in [2.75, 3.05) is 13.2 Å². The molecule has 0 amide bonds. The lowest BCUT2D eigenvalue weighted by Crippen LogP contribution is -1.95. The van der Waals surface area contributed by atoms with Crippen LogP contribution in [0.1, 0.15) is 20.8 Å². The highest BCUT2D eigenvalue weighted by molar-refractivity contribution is 7.11. The van der Waals surface area contributed by atoms with E-state index in [9.17, 15) is 4.79 Å². The molecule has 0 aliphatic rings. The Labute approximate surface area is 88.7 Å². The molecule has 0 bridgehead atoms. The van der Waals surface area contributed by atoms with Gasteiger partial charge < -0.3 is 9.47 Å². The zero-order chi connectivity index (χ0) is 10.8. The van der Waals surface area contributed by atoms with E-state index < -0.39 is 0 Å². The number of ether oxygens (including phenoxy) is 2. The van der Waals surface area contributed by atoms with Crippen LogP contribution in [0.15, 0.2) is 17.5 Å². The molecule has 4 heteroatoms.